The number of hydrogen-bond acceptors (Lipinski definition) is 2. The topological polar surface area (TPSA) is 29.9 Å². The molecule has 0 amide bonds. The lowest BCUT2D eigenvalue weighted by molar-refractivity contribution is 0.476. The molecule has 1 fully saturated rings. The maximum absolute atomic E-state index is 4.21. The summed E-state index contributed by atoms with van der Waals surface area (Å²) in [5, 5.41) is 7.65. The van der Waals surface area contributed by atoms with Gasteiger partial charge >= 0.3 is 0 Å². The van der Waals surface area contributed by atoms with Gasteiger partial charge in [-0.15, -0.1) is 0 Å². The summed E-state index contributed by atoms with van der Waals surface area (Å²) in [6, 6.07) is 0.622. The molecule has 1 N–H and O–H groups in total. The van der Waals surface area contributed by atoms with Gasteiger partial charge in [0.2, 0.25) is 0 Å². The normalized spacial score (nSPS) is 23.2. The van der Waals surface area contributed by atoms with Crippen molar-refractivity contribution in [3.63, 3.8) is 0 Å². The van der Waals surface area contributed by atoms with Crippen LogP contribution in [0.15, 0.2) is 16.9 Å². The lowest BCUT2D eigenvalue weighted by Gasteiger charge is -2.08. The standard InChI is InChI=1S/C8H12BrN3/c9-7-4-11-12(5-7)6-8-2-1-3-10-8/h4-5,8,10H,1-3,6H2/t8-/m0/s1. The molecule has 66 valence electrons. The molecule has 0 aromatic carbocycles. The van der Waals surface area contributed by atoms with E-state index in [1.165, 1.54) is 12.8 Å². The summed E-state index contributed by atoms with van der Waals surface area (Å²) in [4.78, 5) is 0. The van der Waals surface area contributed by atoms with E-state index in [1.54, 1.807) is 0 Å². The minimum atomic E-state index is 0.622. The number of aromatic nitrogens is 2. The van der Waals surface area contributed by atoms with Crippen LogP contribution in [-0.2, 0) is 6.54 Å². The molecule has 1 saturated heterocycles. The van der Waals surface area contributed by atoms with Crippen molar-refractivity contribution in [1.82, 2.24) is 15.1 Å². The molecule has 0 bridgehead atoms. The molecule has 1 aliphatic rings. The molecular weight excluding hydrogens is 218 g/mol. The predicted octanol–water partition coefficient (Wildman–Crippen LogP) is 1.40. The molecule has 1 atom stereocenters. The van der Waals surface area contributed by atoms with Gasteiger partial charge in [0, 0.05) is 12.2 Å². The zero-order valence-corrected chi connectivity index (χ0v) is 8.42. The Balaban J connectivity index is 1.94. The third kappa shape index (κ3) is 1.87. The Hall–Kier alpha value is -0.350. The van der Waals surface area contributed by atoms with Crippen molar-refractivity contribution in [2.75, 3.05) is 6.54 Å². The summed E-state index contributed by atoms with van der Waals surface area (Å²) < 4.78 is 3.04. The van der Waals surface area contributed by atoms with Crippen molar-refractivity contribution < 1.29 is 0 Å². The lowest BCUT2D eigenvalue weighted by Crippen LogP contribution is -2.26. The van der Waals surface area contributed by atoms with E-state index in [0.717, 1.165) is 17.6 Å². The minimum Gasteiger partial charge on any atom is -0.312 e. The van der Waals surface area contributed by atoms with Gasteiger partial charge in [0.25, 0.3) is 0 Å². The predicted molar refractivity (Wildman–Crippen MR) is 51.0 cm³/mol. The number of hydrogen-bond donors (Lipinski definition) is 1. The Morgan fingerprint density at radius 2 is 2.67 bits per heavy atom. The third-order valence-electron chi connectivity index (χ3n) is 2.17. The second-order valence-electron chi connectivity index (χ2n) is 3.17. The highest BCUT2D eigenvalue weighted by Crippen LogP contribution is 2.10. The van der Waals surface area contributed by atoms with Gasteiger partial charge in [0.15, 0.2) is 0 Å². The van der Waals surface area contributed by atoms with E-state index < -0.39 is 0 Å². The monoisotopic (exact) mass is 229 g/mol. The van der Waals surface area contributed by atoms with E-state index >= 15 is 0 Å². The number of nitrogens with one attached hydrogen (secondary N) is 1. The molecule has 2 heterocycles. The Morgan fingerprint density at radius 1 is 1.75 bits per heavy atom. The molecule has 2 rings (SSSR count). The zero-order valence-electron chi connectivity index (χ0n) is 6.83. The van der Waals surface area contributed by atoms with Crippen molar-refractivity contribution in [1.29, 1.82) is 0 Å². The highest BCUT2D eigenvalue weighted by atomic mass is 79.9. The first-order valence-corrected chi connectivity index (χ1v) is 5.05. The van der Waals surface area contributed by atoms with Gasteiger partial charge in [0.05, 0.1) is 17.2 Å². The smallest absolute Gasteiger partial charge is 0.0632 e. The molecule has 0 unspecified atom stereocenters. The molecule has 0 saturated carbocycles. The molecular formula is C8H12BrN3. The molecule has 1 aliphatic heterocycles. The fraction of sp³-hybridized carbons (Fsp3) is 0.625. The van der Waals surface area contributed by atoms with Gasteiger partial charge in [-0.2, -0.15) is 5.10 Å². The molecule has 1 aromatic rings. The summed E-state index contributed by atoms with van der Waals surface area (Å²) in [6.45, 7) is 2.15. The van der Waals surface area contributed by atoms with Crippen molar-refractivity contribution >= 4 is 15.9 Å². The van der Waals surface area contributed by atoms with Crippen LogP contribution in [0.25, 0.3) is 0 Å². The van der Waals surface area contributed by atoms with Crippen LogP contribution in [-0.4, -0.2) is 22.4 Å². The van der Waals surface area contributed by atoms with Crippen LogP contribution in [0.3, 0.4) is 0 Å². The second-order valence-corrected chi connectivity index (χ2v) is 4.09. The van der Waals surface area contributed by atoms with E-state index in [0.29, 0.717) is 6.04 Å². The number of rotatable bonds is 2. The summed E-state index contributed by atoms with van der Waals surface area (Å²) in [7, 11) is 0. The number of halogens is 1. The molecule has 3 nitrogen and oxygen atoms in total. The maximum Gasteiger partial charge on any atom is 0.0632 e. The van der Waals surface area contributed by atoms with Crippen molar-refractivity contribution in [2.45, 2.75) is 25.4 Å². The zero-order chi connectivity index (χ0) is 8.39. The fourth-order valence-electron chi connectivity index (χ4n) is 1.58. The van der Waals surface area contributed by atoms with Gasteiger partial charge < -0.3 is 5.32 Å². The molecule has 1 aromatic heterocycles. The van der Waals surface area contributed by atoms with Gasteiger partial charge in [0.1, 0.15) is 0 Å². The fourth-order valence-corrected chi connectivity index (χ4v) is 1.90. The van der Waals surface area contributed by atoms with Gasteiger partial charge in [-0.25, -0.2) is 0 Å². The highest BCUT2D eigenvalue weighted by Gasteiger charge is 2.14. The quantitative estimate of drug-likeness (QED) is 0.832. The minimum absolute atomic E-state index is 0.622. The van der Waals surface area contributed by atoms with E-state index in [4.69, 9.17) is 0 Å². The van der Waals surface area contributed by atoms with Crippen molar-refractivity contribution in [2.24, 2.45) is 0 Å². The van der Waals surface area contributed by atoms with Gasteiger partial charge in [-0.3, -0.25) is 4.68 Å². The van der Waals surface area contributed by atoms with Gasteiger partial charge in [-0.05, 0) is 35.3 Å². The van der Waals surface area contributed by atoms with Crippen LogP contribution < -0.4 is 5.32 Å². The molecule has 0 spiro atoms. The Kier molecular flexibility index (Phi) is 2.46. The van der Waals surface area contributed by atoms with Crippen molar-refractivity contribution in [3.8, 4) is 0 Å². The van der Waals surface area contributed by atoms with E-state index in [1.807, 2.05) is 17.1 Å². The van der Waals surface area contributed by atoms with Gasteiger partial charge in [-0.1, -0.05) is 0 Å². The molecule has 0 aliphatic carbocycles. The summed E-state index contributed by atoms with van der Waals surface area (Å²) >= 11 is 3.38. The Labute approximate surface area is 80.3 Å². The lowest BCUT2D eigenvalue weighted by atomic mass is 10.2. The highest BCUT2D eigenvalue weighted by molar-refractivity contribution is 9.10. The molecule has 12 heavy (non-hydrogen) atoms. The second kappa shape index (κ2) is 3.58. The SMILES string of the molecule is Brc1cnn(C[C@@H]2CCCN2)c1. The average molecular weight is 230 g/mol. The van der Waals surface area contributed by atoms with Crippen LogP contribution >= 0.6 is 15.9 Å². The van der Waals surface area contributed by atoms with E-state index in [-0.39, 0.29) is 0 Å². The van der Waals surface area contributed by atoms with Crippen LogP contribution in [0, 0.1) is 0 Å². The van der Waals surface area contributed by atoms with Crippen LogP contribution in [0.1, 0.15) is 12.8 Å². The summed E-state index contributed by atoms with van der Waals surface area (Å²) in [5.41, 5.74) is 0. The van der Waals surface area contributed by atoms with Crippen LogP contribution in [0.5, 0.6) is 0 Å². The first-order chi connectivity index (χ1) is 5.84. The maximum atomic E-state index is 4.21. The summed E-state index contributed by atoms with van der Waals surface area (Å²) in [6.07, 6.45) is 6.42. The van der Waals surface area contributed by atoms with Crippen LogP contribution in [0.4, 0.5) is 0 Å². The van der Waals surface area contributed by atoms with E-state index in [9.17, 15) is 0 Å². The number of nitrogens with zero attached hydrogens (tertiary/aromatic N) is 2. The molecule has 0 radical (unpaired) electrons. The first-order valence-electron chi connectivity index (χ1n) is 4.26. The van der Waals surface area contributed by atoms with E-state index in [2.05, 4.69) is 26.3 Å². The largest absolute Gasteiger partial charge is 0.312 e. The molecule has 4 heteroatoms. The van der Waals surface area contributed by atoms with Crippen LogP contribution in [0.2, 0.25) is 0 Å². The summed E-state index contributed by atoms with van der Waals surface area (Å²) in [5.74, 6) is 0. The Bertz CT molecular complexity index is 253. The van der Waals surface area contributed by atoms with Crippen molar-refractivity contribution in [3.05, 3.63) is 16.9 Å². The Morgan fingerprint density at radius 3 is 3.25 bits per heavy atom. The first kappa shape index (κ1) is 8.26. The third-order valence-corrected chi connectivity index (χ3v) is 2.58. The average Bonchev–Trinajstić information content (AvgIpc) is 2.63.